The number of nitrogens with zero attached hydrogens (tertiary/aromatic N) is 3. The van der Waals surface area contributed by atoms with Crippen LogP contribution >= 0.6 is 0 Å². The largest absolute Gasteiger partial charge is 0.497 e. The molecule has 0 radical (unpaired) electrons. The van der Waals surface area contributed by atoms with E-state index in [4.69, 9.17) is 10.5 Å². The second kappa shape index (κ2) is 5.93. The van der Waals surface area contributed by atoms with Crippen LogP contribution in [0, 0.1) is 0 Å². The van der Waals surface area contributed by atoms with Gasteiger partial charge in [-0.2, -0.15) is 0 Å². The average Bonchev–Trinajstić information content (AvgIpc) is 3.11. The molecular formula is C16H24N4O. The van der Waals surface area contributed by atoms with E-state index < -0.39 is 0 Å². The summed E-state index contributed by atoms with van der Waals surface area (Å²) >= 11 is 0. The van der Waals surface area contributed by atoms with Crippen molar-refractivity contribution in [3.63, 3.8) is 0 Å². The van der Waals surface area contributed by atoms with Gasteiger partial charge in [0.2, 0.25) is 5.95 Å². The lowest BCUT2D eigenvalue weighted by molar-refractivity contribution is 0.238. The van der Waals surface area contributed by atoms with Gasteiger partial charge in [-0.05, 0) is 32.0 Å². The van der Waals surface area contributed by atoms with E-state index in [1.54, 1.807) is 7.11 Å². The Bertz CT molecular complexity index is 616. The molecule has 21 heavy (non-hydrogen) atoms. The predicted octanol–water partition coefficient (Wildman–Crippen LogP) is 2.50. The molecule has 0 atom stereocenters. The highest BCUT2D eigenvalue weighted by molar-refractivity contribution is 5.79. The lowest BCUT2D eigenvalue weighted by atomic mass is 10.2. The van der Waals surface area contributed by atoms with E-state index in [-0.39, 0.29) is 0 Å². The fourth-order valence-corrected chi connectivity index (χ4v) is 3.28. The maximum absolute atomic E-state index is 6.08. The number of fused-ring (bicyclic) bond motifs is 1. The van der Waals surface area contributed by atoms with Crippen LogP contribution in [-0.4, -0.2) is 41.2 Å². The lowest BCUT2D eigenvalue weighted by Crippen LogP contribution is -2.32. The van der Waals surface area contributed by atoms with Crippen LogP contribution < -0.4 is 10.5 Å². The van der Waals surface area contributed by atoms with Crippen LogP contribution in [0.5, 0.6) is 5.75 Å². The van der Waals surface area contributed by atoms with E-state index >= 15 is 0 Å². The van der Waals surface area contributed by atoms with Crippen LogP contribution in [0.3, 0.4) is 0 Å². The molecule has 0 unspecified atom stereocenters. The second-order valence-electron chi connectivity index (χ2n) is 5.90. The summed E-state index contributed by atoms with van der Waals surface area (Å²) in [6, 6.07) is 6.66. The maximum Gasteiger partial charge on any atom is 0.201 e. The molecule has 0 saturated heterocycles. The Hall–Kier alpha value is -1.75. The molecule has 1 aromatic heterocycles. The molecule has 1 aliphatic rings. The van der Waals surface area contributed by atoms with Crippen LogP contribution in [0.25, 0.3) is 11.0 Å². The zero-order chi connectivity index (χ0) is 14.8. The molecule has 2 aromatic rings. The Morgan fingerprint density at radius 3 is 2.86 bits per heavy atom. The highest BCUT2D eigenvalue weighted by atomic mass is 16.5. The summed E-state index contributed by atoms with van der Waals surface area (Å²) in [6.07, 6.45) is 5.39. The Labute approximate surface area is 125 Å². The molecule has 5 nitrogen and oxygen atoms in total. The minimum absolute atomic E-state index is 0.582. The van der Waals surface area contributed by atoms with Gasteiger partial charge in [-0.15, -0.1) is 0 Å². The van der Waals surface area contributed by atoms with Gasteiger partial charge in [0.15, 0.2) is 0 Å². The number of anilines is 1. The number of nitrogen functional groups attached to an aromatic ring is 1. The second-order valence-corrected chi connectivity index (χ2v) is 5.90. The number of rotatable bonds is 5. The topological polar surface area (TPSA) is 56.3 Å². The molecule has 2 N–H and O–H groups in total. The van der Waals surface area contributed by atoms with Crippen LogP contribution in [0.15, 0.2) is 18.2 Å². The first-order chi connectivity index (χ1) is 10.2. The van der Waals surface area contributed by atoms with Crippen LogP contribution in [-0.2, 0) is 6.54 Å². The Morgan fingerprint density at radius 2 is 2.14 bits per heavy atom. The van der Waals surface area contributed by atoms with Crippen LogP contribution in [0.4, 0.5) is 5.95 Å². The molecule has 0 spiro atoms. The van der Waals surface area contributed by atoms with Crippen molar-refractivity contribution in [1.82, 2.24) is 14.5 Å². The lowest BCUT2D eigenvalue weighted by Gasteiger charge is -2.24. The molecule has 1 aliphatic carbocycles. The average molecular weight is 288 g/mol. The molecule has 1 saturated carbocycles. The summed E-state index contributed by atoms with van der Waals surface area (Å²) in [5.41, 5.74) is 8.05. The number of methoxy groups -OCH3 is 1. The molecular weight excluding hydrogens is 264 g/mol. The normalized spacial score (nSPS) is 16.1. The van der Waals surface area contributed by atoms with Gasteiger partial charge in [0, 0.05) is 25.2 Å². The molecule has 1 aromatic carbocycles. The highest BCUT2D eigenvalue weighted by Crippen LogP contribution is 2.24. The van der Waals surface area contributed by atoms with Crippen LogP contribution in [0.2, 0.25) is 0 Å². The fraction of sp³-hybridized carbons (Fsp3) is 0.562. The zero-order valence-corrected chi connectivity index (χ0v) is 12.9. The number of hydrogen-bond donors (Lipinski definition) is 1. The van der Waals surface area contributed by atoms with E-state index in [1.165, 1.54) is 25.7 Å². The molecule has 1 fully saturated rings. The highest BCUT2D eigenvalue weighted by Gasteiger charge is 2.19. The summed E-state index contributed by atoms with van der Waals surface area (Å²) in [5, 5.41) is 0. The van der Waals surface area contributed by atoms with Gasteiger partial charge in [0.25, 0.3) is 0 Å². The number of aromatic nitrogens is 2. The molecule has 114 valence electrons. The number of benzene rings is 1. The standard InChI is InChI=1S/C16H24N4O/c1-19(12-5-3-4-6-12)9-10-20-15-8-7-13(21-2)11-14(15)18-16(20)17/h7-8,11-12H,3-6,9-10H2,1-2H3,(H2,17,18). The first kappa shape index (κ1) is 14.2. The molecule has 0 bridgehead atoms. The minimum atomic E-state index is 0.582. The van der Waals surface area contributed by atoms with Crippen molar-refractivity contribution in [3.05, 3.63) is 18.2 Å². The third-order valence-electron chi connectivity index (χ3n) is 4.61. The minimum Gasteiger partial charge on any atom is -0.497 e. The molecule has 3 rings (SSSR count). The van der Waals surface area contributed by atoms with E-state index in [9.17, 15) is 0 Å². The van der Waals surface area contributed by atoms with Crippen molar-refractivity contribution >= 4 is 17.0 Å². The van der Waals surface area contributed by atoms with Gasteiger partial charge in [-0.1, -0.05) is 12.8 Å². The maximum atomic E-state index is 6.08. The zero-order valence-electron chi connectivity index (χ0n) is 12.9. The predicted molar refractivity (Wildman–Crippen MR) is 85.6 cm³/mol. The van der Waals surface area contributed by atoms with E-state index in [1.807, 2.05) is 18.2 Å². The summed E-state index contributed by atoms with van der Waals surface area (Å²) in [5.74, 6) is 1.40. The van der Waals surface area contributed by atoms with Crippen molar-refractivity contribution in [1.29, 1.82) is 0 Å². The number of imidazole rings is 1. The first-order valence-corrected chi connectivity index (χ1v) is 7.69. The molecule has 0 amide bonds. The van der Waals surface area contributed by atoms with Gasteiger partial charge in [-0.3, -0.25) is 0 Å². The van der Waals surface area contributed by atoms with Gasteiger partial charge in [0.1, 0.15) is 5.75 Å². The summed E-state index contributed by atoms with van der Waals surface area (Å²) in [7, 11) is 3.88. The Kier molecular flexibility index (Phi) is 4.01. The van der Waals surface area contributed by atoms with Crippen molar-refractivity contribution in [2.24, 2.45) is 0 Å². The summed E-state index contributed by atoms with van der Waals surface area (Å²) < 4.78 is 7.34. The summed E-state index contributed by atoms with van der Waals surface area (Å²) in [6.45, 7) is 1.88. The number of hydrogen-bond acceptors (Lipinski definition) is 4. The molecule has 1 heterocycles. The van der Waals surface area contributed by atoms with Gasteiger partial charge in [-0.25, -0.2) is 4.98 Å². The van der Waals surface area contributed by atoms with Gasteiger partial charge >= 0.3 is 0 Å². The van der Waals surface area contributed by atoms with Crippen molar-refractivity contribution in [2.45, 2.75) is 38.3 Å². The Morgan fingerprint density at radius 1 is 1.38 bits per heavy atom. The third kappa shape index (κ3) is 2.83. The number of nitrogens with two attached hydrogens (primary N) is 1. The molecule has 0 aliphatic heterocycles. The third-order valence-corrected chi connectivity index (χ3v) is 4.61. The van der Waals surface area contributed by atoms with E-state index in [0.717, 1.165) is 35.9 Å². The quantitative estimate of drug-likeness (QED) is 0.918. The van der Waals surface area contributed by atoms with Gasteiger partial charge in [0.05, 0.1) is 18.1 Å². The van der Waals surface area contributed by atoms with Gasteiger partial charge < -0.3 is 19.9 Å². The van der Waals surface area contributed by atoms with Crippen molar-refractivity contribution < 1.29 is 4.74 Å². The van der Waals surface area contributed by atoms with Crippen molar-refractivity contribution in [2.75, 3.05) is 26.4 Å². The van der Waals surface area contributed by atoms with Crippen LogP contribution in [0.1, 0.15) is 25.7 Å². The van der Waals surface area contributed by atoms with Crippen molar-refractivity contribution in [3.8, 4) is 5.75 Å². The first-order valence-electron chi connectivity index (χ1n) is 7.69. The fourth-order valence-electron chi connectivity index (χ4n) is 3.28. The number of likely N-dealkylation sites (N-methyl/N-ethyl adjacent to an activating group) is 1. The SMILES string of the molecule is COc1ccc2c(c1)nc(N)n2CCN(C)C1CCCC1. The number of ether oxygens (including phenoxy) is 1. The smallest absolute Gasteiger partial charge is 0.201 e. The van der Waals surface area contributed by atoms with E-state index in [0.29, 0.717) is 5.95 Å². The summed E-state index contributed by atoms with van der Waals surface area (Å²) in [4.78, 5) is 6.90. The molecule has 5 heteroatoms. The monoisotopic (exact) mass is 288 g/mol. The van der Waals surface area contributed by atoms with E-state index in [2.05, 4.69) is 21.5 Å². The Balaban J connectivity index is 1.75.